The summed E-state index contributed by atoms with van der Waals surface area (Å²) in [6, 6.07) is 7.22. The Morgan fingerprint density at radius 1 is 1.16 bits per heavy atom. The lowest BCUT2D eigenvalue weighted by Gasteiger charge is -2.31. The van der Waals surface area contributed by atoms with Crippen LogP contribution >= 0.6 is 0 Å². The second kappa shape index (κ2) is 4.65. The number of carbonyl (C=O) groups is 2. The fourth-order valence-electron chi connectivity index (χ4n) is 2.98. The van der Waals surface area contributed by atoms with Gasteiger partial charge in [0.15, 0.2) is 0 Å². The molecular weight excluding hydrogens is 240 g/mol. The van der Waals surface area contributed by atoms with E-state index >= 15 is 0 Å². The van der Waals surface area contributed by atoms with Gasteiger partial charge in [0.25, 0.3) is 0 Å². The average Bonchev–Trinajstić information content (AvgIpc) is 2.45. The summed E-state index contributed by atoms with van der Waals surface area (Å²) in [5.41, 5.74) is 1.86. The highest BCUT2D eigenvalue weighted by Crippen LogP contribution is 2.39. The molecule has 0 saturated carbocycles. The minimum Gasteiger partial charge on any atom is -0.492 e. The number of ketones is 2. The molecule has 0 fully saturated rings. The third-order valence-electron chi connectivity index (χ3n) is 3.87. The van der Waals surface area contributed by atoms with Crippen molar-refractivity contribution in [2.75, 3.05) is 6.61 Å². The number of ether oxygens (including phenoxy) is 1. The minimum atomic E-state index is -0.388. The molecule has 1 heterocycles. The highest BCUT2D eigenvalue weighted by Gasteiger charge is 2.39. The van der Waals surface area contributed by atoms with Crippen LogP contribution in [0.2, 0.25) is 0 Å². The molecule has 0 aromatic heterocycles. The Kier molecular flexibility index (Phi) is 2.97. The first-order chi connectivity index (χ1) is 9.24. The van der Waals surface area contributed by atoms with Crippen molar-refractivity contribution < 1.29 is 14.3 Å². The molecule has 2 aliphatic rings. The molecular formula is C16H16O3. The number of hydrogen-bond acceptors (Lipinski definition) is 3. The molecule has 1 aromatic rings. The molecule has 19 heavy (non-hydrogen) atoms. The van der Waals surface area contributed by atoms with Crippen LogP contribution in [0, 0.1) is 5.92 Å². The van der Waals surface area contributed by atoms with Gasteiger partial charge in [0, 0.05) is 16.7 Å². The first-order valence-electron chi connectivity index (χ1n) is 6.79. The zero-order valence-electron chi connectivity index (χ0n) is 10.9. The van der Waals surface area contributed by atoms with Gasteiger partial charge >= 0.3 is 0 Å². The van der Waals surface area contributed by atoms with Gasteiger partial charge in [-0.25, -0.2) is 0 Å². The van der Waals surface area contributed by atoms with Crippen LogP contribution in [0.4, 0.5) is 0 Å². The quantitative estimate of drug-likeness (QED) is 0.764. The van der Waals surface area contributed by atoms with Gasteiger partial charge in [0.1, 0.15) is 5.76 Å². The maximum absolute atomic E-state index is 12.3. The number of benzene rings is 1. The molecule has 1 aliphatic heterocycles. The van der Waals surface area contributed by atoms with Crippen LogP contribution in [0.25, 0.3) is 5.76 Å². The molecule has 1 aromatic carbocycles. The van der Waals surface area contributed by atoms with Crippen molar-refractivity contribution in [3.8, 4) is 0 Å². The third kappa shape index (κ3) is 1.81. The number of allylic oxidation sites excluding steroid dienone is 1. The van der Waals surface area contributed by atoms with E-state index in [-0.39, 0.29) is 17.5 Å². The fraction of sp³-hybridized carbons (Fsp3) is 0.375. The lowest BCUT2D eigenvalue weighted by atomic mass is 9.78. The van der Waals surface area contributed by atoms with E-state index in [9.17, 15) is 9.59 Å². The first-order valence-corrected chi connectivity index (χ1v) is 6.79. The van der Waals surface area contributed by atoms with E-state index in [1.165, 1.54) is 0 Å². The molecule has 3 rings (SSSR count). The lowest BCUT2D eigenvalue weighted by Crippen LogP contribution is -2.31. The van der Waals surface area contributed by atoms with Crippen LogP contribution in [0.3, 0.4) is 0 Å². The Bertz CT molecular complexity index is 583. The zero-order valence-corrected chi connectivity index (χ0v) is 10.9. The SMILES string of the molecule is CCC[C@H]1CCOC2=C1C(=O)C(=O)c1ccccc12. The highest BCUT2D eigenvalue weighted by molar-refractivity contribution is 6.52. The molecule has 0 radical (unpaired) electrons. The van der Waals surface area contributed by atoms with E-state index in [2.05, 4.69) is 6.92 Å². The normalized spacial score (nSPS) is 21.8. The average molecular weight is 256 g/mol. The fourth-order valence-corrected chi connectivity index (χ4v) is 2.98. The van der Waals surface area contributed by atoms with Crippen LogP contribution in [0.15, 0.2) is 29.8 Å². The summed E-state index contributed by atoms with van der Waals surface area (Å²) >= 11 is 0. The zero-order chi connectivity index (χ0) is 13.4. The van der Waals surface area contributed by atoms with E-state index in [4.69, 9.17) is 4.74 Å². The predicted octanol–water partition coefficient (Wildman–Crippen LogP) is 3.00. The molecule has 1 atom stereocenters. The van der Waals surface area contributed by atoms with Crippen molar-refractivity contribution in [2.45, 2.75) is 26.2 Å². The van der Waals surface area contributed by atoms with Crippen molar-refractivity contribution in [2.24, 2.45) is 5.92 Å². The number of Topliss-reactive ketones (excluding diaryl/α,β-unsaturated/α-hetero) is 2. The van der Waals surface area contributed by atoms with Crippen LogP contribution in [-0.2, 0) is 9.53 Å². The molecule has 0 unspecified atom stereocenters. The predicted molar refractivity (Wildman–Crippen MR) is 71.7 cm³/mol. The van der Waals surface area contributed by atoms with Crippen LogP contribution < -0.4 is 0 Å². The van der Waals surface area contributed by atoms with Gasteiger partial charge in [-0.2, -0.15) is 0 Å². The molecule has 3 nitrogen and oxygen atoms in total. The molecule has 1 aliphatic carbocycles. The Hall–Kier alpha value is -1.90. The molecule has 0 spiro atoms. The van der Waals surface area contributed by atoms with Gasteiger partial charge in [-0.05, 0) is 18.8 Å². The number of hydrogen-bond donors (Lipinski definition) is 0. The summed E-state index contributed by atoms with van der Waals surface area (Å²) in [7, 11) is 0. The topological polar surface area (TPSA) is 43.4 Å². The van der Waals surface area contributed by atoms with E-state index in [0.717, 1.165) is 24.8 Å². The molecule has 0 N–H and O–H groups in total. The highest BCUT2D eigenvalue weighted by atomic mass is 16.5. The van der Waals surface area contributed by atoms with Gasteiger partial charge in [-0.3, -0.25) is 9.59 Å². The van der Waals surface area contributed by atoms with Crippen LogP contribution in [-0.4, -0.2) is 18.2 Å². The standard InChI is InChI=1S/C16H16O3/c1-2-5-10-8-9-19-16-12-7-4-3-6-11(12)14(17)15(18)13(10)16/h3-4,6-7,10H,2,5,8-9H2,1H3/t10-/m0/s1. The number of carbonyl (C=O) groups excluding carboxylic acids is 2. The lowest BCUT2D eigenvalue weighted by molar-refractivity contribution is -0.112. The summed E-state index contributed by atoms with van der Waals surface area (Å²) in [4.78, 5) is 24.5. The molecule has 0 saturated heterocycles. The van der Waals surface area contributed by atoms with Crippen molar-refractivity contribution >= 4 is 17.3 Å². The Morgan fingerprint density at radius 3 is 2.63 bits per heavy atom. The second-order valence-corrected chi connectivity index (χ2v) is 5.07. The second-order valence-electron chi connectivity index (χ2n) is 5.07. The summed E-state index contributed by atoms with van der Waals surface area (Å²) in [5.74, 6) is 0.0521. The molecule has 0 amide bonds. The van der Waals surface area contributed by atoms with Crippen LogP contribution in [0.5, 0.6) is 0 Å². The Balaban J connectivity index is 2.18. The van der Waals surface area contributed by atoms with E-state index in [0.29, 0.717) is 23.5 Å². The number of fused-ring (bicyclic) bond motifs is 2. The van der Waals surface area contributed by atoms with Crippen molar-refractivity contribution in [1.29, 1.82) is 0 Å². The first kappa shape index (κ1) is 12.2. The van der Waals surface area contributed by atoms with Gasteiger partial charge in [0.2, 0.25) is 11.6 Å². The maximum atomic E-state index is 12.3. The summed E-state index contributed by atoms with van der Waals surface area (Å²) in [6.07, 6.45) is 2.77. The van der Waals surface area contributed by atoms with E-state index in [1.54, 1.807) is 12.1 Å². The maximum Gasteiger partial charge on any atom is 0.234 e. The minimum absolute atomic E-state index is 0.165. The summed E-state index contributed by atoms with van der Waals surface area (Å²) < 4.78 is 5.71. The van der Waals surface area contributed by atoms with Gasteiger partial charge in [-0.15, -0.1) is 0 Å². The van der Waals surface area contributed by atoms with Crippen molar-refractivity contribution in [3.05, 3.63) is 41.0 Å². The number of rotatable bonds is 2. The van der Waals surface area contributed by atoms with Gasteiger partial charge in [0.05, 0.1) is 6.61 Å². The largest absolute Gasteiger partial charge is 0.492 e. The van der Waals surface area contributed by atoms with Crippen molar-refractivity contribution in [3.63, 3.8) is 0 Å². The van der Waals surface area contributed by atoms with E-state index < -0.39 is 0 Å². The van der Waals surface area contributed by atoms with E-state index in [1.807, 2.05) is 12.1 Å². The smallest absolute Gasteiger partial charge is 0.234 e. The third-order valence-corrected chi connectivity index (χ3v) is 3.87. The summed E-state index contributed by atoms with van der Waals surface area (Å²) in [5, 5.41) is 0. The Labute approximate surface area is 112 Å². The Morgan fingerprint density at radius 2 is 1.89 bits per heavy atom. The molecule has 98 valence electrons. The van der Waals surface area contributed by atoms with Gasteiger partial charge < -0.3 is 4.74 Å². The molecule has 0 bridgehead atoms. The van der Waals surface area contributed by atoms with Crippen molar-refractivity contribution in [1.82, 2.24) is 0 Å². The van der Waals surface area contributed by atoms with Gasteiger partial charge in [-0.1, -0.05) is 37.6 Å². The monoisotopic (exact) mass is 256 g/mol. The molecule has 3 heteroatoms. The van der Waals surface area contributed by atoms with Crippen LogP contribution in [0.1, 0.15) is 42.1 Å². The summed E-state index contributed by atoms with van der Waals surface area (Å²) in [6.45, 7) is 2.72.